The smallest absolute Gasteiger partial charge is 0.226 e. The fourth-order valence-electron chi connectivity index (χ4n) is 2.68. The van der Waals surface area contributed by atoms with Gasteiger partial charge in [-0.1, -0.05) is 32.9 Å². The molecule has 0 bridgehead atoms. The highest BCUT2D eigenvalue weighted by Gasteiger charge is 2.33. The number of likely N-dealkylation sites (tertiary alicyclic amines) is 1. The van der Waals surface area contributed by atoms with Crippen molar-refractivity contribution >= 4 is 5.91 Å². The van der Waals surface area contributed by atoms with Crippen LogP contribution in [0.25, 0.3) is 0 Å². The maximum Gasteiger partial charge on any atom is 0.226 e. The van der Waals surface area contributed by atoms with Gasteiger partial charge in [0.2, 0.25) is 5.91 Å². The second kappa shape index (κ2) is 5.66. The molecule has 20 heavy (non-hydrogen) atoms. The van der Waals surface area contributed by atoms with Gasteiger partial charge in [0, 0.05) is 13.1 Å². The van der Waals surface area contributed by atoms with Crippen molar-refractivity contribution in [2.45, 2.75) is 33.6 Å². The average molecular weight is 270 g/mol. The van der Waals surface area contributed by atoms with Gasteiger partial charge in [0.15, 0.2) is 0 Å². The lowest BCUT2D eigenvalue weighted by Gasteiger charge is -2.27. The summed E-state index contributed by atoms with van der Waals surface area (Å²) in [5.74, 6) is 0.786. The number of benzene rings is 1. The minimum atomic E-state index is 0.196. The van der Waals surface area contributed by atoms with Crippen molar-refractivity contribution in [2.75, 3.05) is 13.1 Å². The molecule has 1 atom stereocenters. The van der Waals surface area contributed by atoms with Crippen LogP contribution in [0.1, 0.15) is 38.3 Å². The van der Waals surface area contributed by atoms with Crippen molar-refractivity contribution in [3.8, 4) is 6.07 Å². The van der Waals surface area contributed by atoms with E-state index in [-0.39, 0.29) is 11.3 Å². The molecule has 0 N–H and O–H groups in total. The average Bonchev–Trinajstić information content (AvgIpc) is 2.89. The maximum absolute atomic E-state index is 12.3. The van der Waals surface area contributed by atoms with Gasteiger partial charge in [0.05, 0.1) is 18.1 Å². The number of nitrogens with zero attached hydrogens (tertiary/aromatic N) is 2. The number of rotatable bonds is 2. The molecule has 1 aliphatic heterocycles. The molecule has 0 aromatic heterocycles. The van der Waals surface area contributed by atoms with Crippen molar-refractivity contribution in [3.05, 3.63) is 35.4 Å². The zero-order chi connectivity index (χ0) is 14.8. The maximum atomic E-state index is 12.3. The van der Waals surface area contributed by atoms with Crippen LogP contribution in [-0.4, -0.2) is 23.9 Å². The van der Waals surface area contributed by atoms with Gasteiger partial charge in [-0.05, 0) is 35.4 Å². The molecule has 0 radical (unpaired) electrons. The van der Waals surface area contributed by atoms with E-state index in [4.69, 9.17) is 5.26 Å². The van der Waals surface area contributed by atoms with Gasteiger partial charge >= 0.3 is 0 Å². The summed E-state index contributed by atoms with van der Waals surface area (Å²) < 4.78 is 0. The summed E-state index contributed by atoms with van der Waals surface area (Å²) in [6.45, 7) is 8.47. The second-order valence-electron chi connectivity index (χ2n) is 6.68. The first-order valence-corrected chi connectivity index (χ1v) is 7.17. The van der Waals surface area contributed by atoms with Crippen LogP contribution >= 0.6 is 0 Å². The van der Waals surface area contributed by atoms with Crippen molar-refractivity contribution in [1.29, 1.82) is 5.26 Å². The minimum Gasteiger partial charge on any atom is -0.342 e. The van der Waals surface area contributed by atoms with E-state index < -0.39 is 0 Å². The SMILES string of the molecule is CC(C)(C)C1CCN(C(=O)Cc2ccc(C#N)cc2)C1. The van der Waals surface area contributed by atoms with Gasteiger partial charge < -0.3 is 4.90 Å². The topological polar surface area (TPSA) is 44.1 Å². The molecule has 3 nitrogen and oxygen atoms in total. The van der Waals surface area contributed by atoms with Gasteiger partial charge in [-0.2, -0.15) is 5.26 Å². The largest absolute Gasteiger partial charge is 0.342 e. The summed E-state index contributed by atoms with van der Waals surface area (Å²) >= 11 is 0. The molecule has 0 spiro atoms. The van der Waals surface area contributed by atoms with E-state index in [0.717, 1.165) is 25.1 Å². The molecule has 1 unspecified atom stereocenters. The monoisotopic (exact) mass is 270 g/mol. The lowest BCUT2D eigenvalue weighted by molar-refractivity contribution is -0.129. The number of carbonyl (C=O) groups excluding carboxylic acids is 1. The molecule has 1 saturated heterocycles. The summed E-state index contributed by atoms with van der Waals surface area (Å²) in [4.78, 5) is 14.3. The molecule has 1 aliphatic rings. The zero-order valence-corrected chi connectivity index (χ0v) is 12.5. The van der Waals surface area contributed by atoms with Crippen LogP contribution in [0.15, 0.2) is 24.3 Å². The Kier molecular flexibility index (Phi) is 4.13. The van der Waals surface area contributed by atoms with Gasteiger partial charge in [-0.15, -0.1) is 0 Å². The second-order valence-corrected chi connectivity index (χ2v) is 6.68. The number of amides is 1. The number of nitriles is 1. The van der Waals surface area contributed by atoms with Crippen molar-refractivity contribution in [3.63, 3.8) is 0 Å². The predicted octanol–water partition coefficient (Wildman–Crippen LogP) is 3.00. The zero-order valence-electron chi connectivity index (χ0n) is 12.5. The Hall–Kier alpha value is -1.82. The Balaban J connectivity index is 1.94. The van der Waals surface area contributed by atoms with Gasteiger partial charge in [0.25, 0.3) is 0 Å². The standard InChI is InChI=1S/C17H22N2O/c1-17(2,3)15-8-9-19(12-15)16(20)10-13-4-6-14(11-18)7-5-13/h4-7,15H,8-10,12H2,1-3H3. The molecule has 2 rings (SSSR count). The van der Waals surface area contributed by atoms with Crippen LogP contribution in [-0.2, 0) is 11.2 Å². The van der Waals surface area contributed by atoms with E-state index in [2.05, 4.69) is 26.8 Å². The van der Waals surface area contributed by atoms with Gasteiger partial charge in [-0.3, -0.25) is 4.79 Å². The Bertz CT molecular complexity index is 519. The van der Waals surface area contributed by atoms with E-state index >= 15 is 0 Å². The van der Waals surface area contributed by atoms with Crippen LogP contribution in [0.4, 0.5) is 0 Å². The van der Waals surface area contributed by atoms with E-state index in [1.165, 1.54) is 0 Å². The highest BCUT2D eigenvalue weighted by atomic mass is 16.2. The van der Waals surface area contributed by atoms with Crippen molar-refractivity contribution in [2.24, 2.45) is 11.3 Å². The molecule has 1 fully saturated rings. The van der Waals surface area contributed by atoms with Crippen LogP contribution < -0.4 is 0 Å². The lowest BCUT2D eigenvalue weighted by Crippen LogP contribution is -2.32. The molecule has 1 heterocycles. The first-order chi connectivity index (χ1) is 9.40. The normalized spacial score (nSPS) is 18.9. The van der Waals surface area contributed by atoms with Crippen molar-refractivity contribution < 1.29 is 4.79 Å². The molecular formula is C17H22N2O. The summed E-state index contributed by atoms with van der Waals surface area (Å²) in [6, 6.07) is 9.36. The molecule has 3 heteroatoms. The van der Waals surface area contributed by atoms with E-state index in [1.807, 2.05) is 17.0 Å². The molecule has 1 aromatic carbocycles. The number of carbonyl (C=O) groups is 1. The molecule has 0 aliphatic carbocycles. The molecule has 1 amide bonds. The summed E-state index contributed by atoms with van der Waals surface area (Å²) in [6.07, 6.45) is 1.53. The molecule has 1 aromatic rings. The fraction of sp³-hybridized carbons (Fsp3) is 0.529. The lowest BCUT2D eigenvalue weighted by atomic mass is 9.80. The number of hydrogen-bond donors (Lipinski definition) is 0. The van der Waals surface area contributed by atoms with Gasteiger partial charge in [-0.25, -0.2) is 0 Å². The summed E-state index contributed by atoms with van der Waals surface area (Å²) in [5.41, 5.74) is 1.88. The third-order valence-corrected chi connectivity index (χ3v) is 4.20. The summed E-state index contributed by atoms with van der Waals surface area (Å²) in [5, 5.41) is 8.76. The van der Waals surface area contributed by atoms with Crippen LogP contribution in [0.5, 0.6) is 0 Å². The molecule has 0 saturated carbocycles. The molecule has 106 valence electrons. The third-order valence-electron chi connectivity index (χ3n) is 4.20. The molecular weight excluding hydrogens is 248 g/mol. The van der Waals surface area contributed by atoms with E-state index in [9.17, 15) is 4.79 Å². The van der Waals surface area contributed by atoms with Crippen molar-refractivity contribution in [1.82, 2.24) is 4.90 Å². The van der Waals surface area contributed by atoms with E-state index in [1.54, 1.807) is 12.1 Å². The first-order valence-electron chi connectivity index (χ1n) is 7.17. The van der Waals surface area contributed by atoms with Crippen LogP contribution in [0, 0.1) is 22.7 Å². The highest BCUT2D eigenvalue weighted by molar-refractivity contribution is 5.79. The number of hydrogen-bond acceptors (Lipinski definition) is 2. The Morgan fingerprint density at radius 2 is 2.00 bits per heavy atom. The van der Waals surface area contributed by atoms with Crippen LogP contribution in [0.2, 0.25) is 0 Å². The Morgan fingerprint density at radius 1 is 1.35 bits per heavy atom. The minimum absolute atomic E-state index is 0.196. The predicted molar refractivity (Wildman–Crippen MR) is 79.0 cm³/mol. The quantitative estimate of drug-likeness (QED) is 0.829. The third kappa shape index (κ3) is 3.39. The Morgan fingerprint density at radius 3 is 2.50 bits per heavy atom. The Labute approximate surface area is 121 Å². The fourth-order valence-corrected chi connectivity index (χ4v) is 2.68. The highest BCUT2D eigenvalue weighted by Crippen LogP contribution is 2.33. The van der Waals surface area contributed by atoms with E-state index in [0.29, 0.717) is 17.9 Å². The van der Waals surface area contributed by atoms with Gasteiger partial charge in [0.1, 0.15) is 0 Å². The first kappa shape index (κ1) is 14.6. The van der Waals surface area contributed by atoms with Crippen LogP contribution in [0.3, 0.4) is 0 Å². The summed E-state index contributed by atoms with van der Waals surface area (Å²) in [7, 11) is 0.